The standard InChI is InChI=1S/C18H23NO4/c20-17(10-13-6-8-23-9-7-13)19-11-15(16(12-19)18(21)22)14-4-2-1-3-5-14/h1-5,13,15-16H,6-12H2,(H,21,22)/t15-,16-/m1/s1. The van der Waals surface area contributed by atoms with Gasteiger partial charge >= 0.3 is 5.97 Å². The molecular formula is C18H23NO4. The van der Waals surface area contributed by atoms with Gasteiger partial charge in [-0.3, -0.25) is 9.59 Å². The van der Waals surface area contributed by atoms with Gasteiger partial charge in [0, 0.05) is 38.6 Å². The average Bonchev–Trinajstić information content (AvgIpc) is 3.02. The summed E-state index contributed by atoms with van der Waals surface area (Å²) < 4.78 is 5.33. The van der Waals surface area contributed by atoms with Crippen molar-refractivity contribution in [3.63, 3.8) is 0 Å². The predicted molar refractivity (Wildman–Crippen MR) is 85.0 cm³/mol. The molecule has 1 amide bonds. The normalized spacial score (nSPS) is 25.5. The Morgan fingerprint density at radius 1 is 1.13 bits per heavy atom. The summed E-state index contributed by atoms with van der Waals surface area (Å²) in [5.41, 5.74) is 1.00. The highest BCUT2D eigenvalue weighted by molar-refractivity contribution is 5.79. The lowest BCUT2D eigenvalue weighted by atomic mass is 9.89. The van der Waals surface area contributed by atoms with Crippen LogP contribution in [0.4, 0.5) is 0 Å². The van der Waals surface area contributed by atoms with Gasteiger partial charge in [-0.1, -0.05) is 30.3 Å². The molecular weight excluding hydrogens is 294 g/mol. The fourth-order valence-electron chi connectivity index (χ4n) is 3.62. The van der Waals surface area contributed by atoms with Crippen LogP contribution in [0.1, 0.15) is 30.7 Å². The molecule has 0 aliphatic carbocycles. The number of hydrogen-bond acceptors (Lipinski definition) is 3. The second-order valence-electron chi connectivity index (χ2n) is 6.52. The van der Waals surface area contributed by atoms with E-state index in [9.17, 15) is 14.7 Å². The Hall–Kier alpha value is -1.88. The molecule has 0 unspecified atom stereocenters. The average molecular weight is 317 g/mol. The zero-order valence-electron chi connectivity index (χ0n) is 13.2. The van der Waals surface area contributed by atoms with E-state index in [1.165, 1.54) is 0 Å². The molecule has 1 aromatic carbocycles. The fraction of sp³-hybridized carbons (Fsp3) is 0.556. The Labute approximate surface area is 136 Å². The summed E-state index contributed by atoms with van der Waals surface area (Å²) in [6.45, 7) is 2.27. The van der Waals surface area contributed by atoms with Crippen LogP contribution in [0, 0.1) is 11.8 Å². The summed E-state index contributed by atoms with van der Waals surface area (Å²) in [6, 6.07) is 9.66. The zero-order chi connectivity index (χ0) is 16.2. The number of carboxylic acids is 1. The number of amides is 1. The van der Waals surface area contributed by atoms with E-state index in [2.05, 4.69) is 0 Å². The molecule has 1 N–H and O–H groups in total. The third-order valence-corrected chi connectivity index (χ3v) is 5.02. The van der Waals surface area contributed by atoms with Crippen LogP contribution in [0.25, 0.3) is 0 Å². The van der Waals surface area contributed by atoms with Crippen molar-refractivity contribution in [2.45, 2.75) is 25.2 Å². The summed E-state index contributed by atoms with van der Waals surface area (Å²) >= 11 is 0. The van der Waals surface area contributed by atoms with Crippen molar-refractivity contribution < 1.29 is 19.4 Å². The first kappa shape index (κ1) is 16.0. The van der Waals surface area contributed by atoms with Crippen molar-refractivity contribution in [1.82, 2.24) is 4.90 Å². The number of carbonyl (C=O) groups is 2. The van der Waals surface area contributed by atoms with Crippen molar-refractivity contribution in [2.75, 3.05) is 26.3 Å². The number of aliphatic carboxylic acids is 1. The lowest BCUT2D eigenvalue weighted by Gasteiger charge is -2.24. The van der Waals surface area contributed by atoms with Gasteiger partial charge in [0.2, 0.25) is 5.91 Å². The summed E-state index contributed by atoms with van der Waals surface area (Å²) in [6.07, 6.45) is 2.35. The lowest BCUT2D eigenvalue weighted by molar-refractivity contribution is -0.141. The SMILES string of the molecule is O=C(O)[C@@H]1CN(C(=O)CC2CCOCC2)C[C@@H]1c1ccccc1. The third-order valence-electron chi connectivity index (χ3n) is 5.02. The van der Waals surface area contributed by atoms with Gasteiger partial charge in [-0.15, -0.1) is 0 Å². The van der Waals surface area contributed by atoms with E-state index in [1.54, 1.807) is 4.90 Å². The quantitative estimate of drug-likeness (QED) is 0.924. The number of ether oxygens (including phenoxy) is 1. The Morgan fingerprint density at radius 2 is 1.83 bits per heavy atom. The van der Waals surface area contributed by atoms with Crippen molar-refractivity contribution >= 4 is 11.9 Å². The number of hydrogen-bond donors (Lipinski definition) is 1. The van der Waals surface area contributed by atoms with Gasteiger partial charge in [-0.2, -0.15) is 0 Å². The number of benzene rings is 1. The summed E-state index contributed by atoms with van der Waals surface area (Å²) in [7, 11) is 0. The number of nitrogens with zero attached hydrogens (tertiary/aromatic N) is 1. The summed E-state index contributed by atoms with van der Waals surface area (Å²) in [5, 5.41) is 9.51. The molecule has 23 heavy (non-hydrogen) atoms. The van der Waals surface area contributed by atoms with E-state index < -0.39 is 11.9 Å². The highest BCUT2D eigenvalue weighted by Gasteiger charge is 2.40. The molecule has 2 atom stereocenters. The lowest BCUT2D eigenvalue weighted by Crippen LogP contribution is -2.32. The highest BCUT2D eigenvalue weighted by atomic mass is 16.5. The van der Waals surface area contributed by atoms with Crippen LogP contribution in [0.15, 0.2) is 30.3 Å². The van der Waals surface area contributed by atoms with Gasteiger partial charge in [0.05, 0.1) is 5.92 Å². The van der Waals surface area contributed by atoms with Crippen molar-refractivity contribution in [3.8, 4) is 0 Å². The van der Waals surface area contributed by atoms with Crippen LogP contribution in [0.3, 0.4) is 0 Å². The van der Waals surface area contributed by atoms with Crippen LogP contribution in [-0.4, -0.2) is 48.2 Å². The minimum absolute atomic E-state index is 0.0848. The monoisotopic (exact) mass is 317 g/mol. The minimum Gasteiger partial charge on any atom is -0.481 e. The molecule has 0 saturated carbocycles. The minimum atomic E-state index is -0.819. The van der Waals surface area contributed by atoms with Crippen LogP contribution in [-0.2, 0) is 14.3 Å². The van der Waals surface area contributed by atoms with E-state index in [1.807, 2.05) is 30.3 Å². The van der Waals surface area contributed by atoms with E-state index in [0.29, 0.717) is 25.4 Å². The van der Waals surface area contributed by atoms with Gasteiger partial charge in [0.25, 0.3) is 0 Å². The Bertz CT molecular complexity index is 553. The molecule has 2 heterocycles. The van der Waals surface area contributed by atoms with Gasteiger partial charge in [0.1, 0.15) is 0 Å². The van der Waals surface area contributed by atoms with Gasteiger partial charge < -0.3 is 14.7 Å². The maximum absolute atomic E-state index is 12.6. The maximum atomic E-state index is 12.6. The van der Waals surface area contributed by atoms with E-state index in [0.717, 1.165) is 31.6 Å². The van der Waals surface area contributed by atoms with Gasteiger partial charge in [0.15, 0.2) is 0 Å². The Kier molecular flexibility index (Phi) is 4.96. The van der Waals surface area contributed by atoms with Crippen LogP contribution < -0.4 is 0 Å². The molecule has 0 bridgehead atoms. The third kappa shape index (κ3) is 3.72. The van der Waals surface area contributed by atoms with Gasteiger partial charge in [-0.25, -0.2) is 0 Å². The molecule has 124 valence electrons. The highest BCUT2D eigenvalue weighted by Crippen LogP contribution is 2.34. The second-order valence-corrected chi connectivity index (χ2v) is 6.52. The van der Waals surface area contributed by atoms with Crippen molar-refractivity contribution in [1.29, 1.82) is 0 Å². The topological polar surface area (TPSA) is 66.8 Å². The van der Waals surface area contributed by atoms with E-state index >= 15 is 0 Å². The van der Waals surface area contributed by atoms with Crippen LogP contribution >= 0.6 is 0 Å². The molecule has 5 heteroatoms. The molecule has 0 radical (unpaired) electrons. The first-order valence-electron chi connectivity index (χ1n) is 8.28. The van der Waals surface area contributed by atoms with Crippen LogP contribution in [0.5, 0.6) is 0 Å². The van der Waals surface area contributed by atoms with E-state index in [4.69, 9.17) is 4.74 Å². The van der Waals surface area contributed by atoms with E-state index in [-0.39, 0.29) is 11.8 Å². The number of carbonyl (C=O) groups excluding carboxylic acids is 1. The molecule has 1 aromatic rings. The largest absolute Gasteiger partial charge is 0.481 e. The van der Waals surface area contributed by atoms with Crippen LogP contribution in [0.2, 0.25) is 0 Å². The molecule has 0 aromatic heterocycles. The first-order valence-corrected chi connectivity index (χ1v) is 8.28. The number of likely N-dealkylation sites (tertiary alicyclic amines) is 1. The molecule has 2 fully saturated rings. The molecule has 2 aliphatic rings. The predicted octanol–water partition coefficient (Wildman–Crippen LogP) is 2.13. The maximum Gasteiger partial charge on any atom is 0.308 e. The number of rotatable bonds is 4. The molecule has 2 aliphatic heterocycles. The second kappa shape index (κ2) is 7.13. The zero-order valence-corrected chi connectivity index (χ0v) is 13.2. The molecule has 0 spiro atoms. The van der Waals surface area contributed by atoms with Crippen molar-refractivity contribution in [2.24, 2.45) is 11.8 Å². The van der Waals surface area contributed by atoms with Crippen molar-refractivity contribution in [3.05, 3.63) is 35.9 Å². The molecule has 3 rings (SSSR count). The smallest absolute Gasteiger partial charge is 0.308 e. The summed E-state index contributed by atoms with van der Waals surface area (Å²) in [5.74, 6) is -1.000. The fourth-order valence-corrected chi connectivity index (χ4v) is 3.62. The molecule has 2 saturated heterocycles. The van der Waals surface area contributed by atoms with Gasteiger partial charge in [-0.05, 0) is 24.3 Å². The Balaban J connectivity index is 1.67. The first-order chi connectivity index (χ1) is 11.1. The Morgan fingerprint density at radius 3 is 2.48 bits per heavy atom. The summed E-state index contributed by atoms with van der Waals surface area (Å²) in [4.78, 5) is 25.9. The number of carboxylic acid groups (broad SMARTS) is 1. The molecule has 5 nitrogen and oxygen atoms in total.